The Balaban J connectivity index is 1.92. The molecule has 2 fully saturated rings. The summed E-state index contributed by atoms with van der Waals surface area (Å²) in [4.78, 5) is 12.2. The van der Waals surface area contributed by atoms with E-state index in [2.05, 4.69) is 17.6 Å². The lowest BCUT2D eigenvalue weighted by Gasteiger charge is -2.27. The molecule has 0 unspecified atom stereocenters. The van der Waals surface area contributed by atoms with Gasteiger partial charge in [-0.1, -0.05) is 19.8 Å². The molecule has 1 saturated carbocycles. The molecule has 1 heterocycles. The van der Waals surface area contributed by atoms with Crippen LogP contribution in [0.15, 0.2) is 0 Å². The van der Waals surface area contributed by atoms with Gasteiger partial charge in [-0.15, -0.1) is 0 Å². The summed E-state index contributed by atoms with van der Waals surface area (Å²) in [6.07, 6.45) is 6.73. The molecule has 0 aromatic rings. The third kappa shape index (κ3) is 2.17. The second-order valence-electron chi connectivity index (χ2n) is 5.00. The van der Waals surface area contributed by atoms with E-state index in [1.807, 2.05) is 0 Å². The number of nitrogens with one attached hydrogen (secondary N) is 2. The average molecular weight is 210 g/mol. The fourth-order valence-electron chi connectivity index (χ4n) is 2.91. The molecule has 15 heavy (non-hydrogen) atoms. The van der Waals surface area contributed by atoms with Crippen LogP contribution in [0.1, 0.15) is 45.4 Å². The molecule has 1 aliphatic heterocycles. The second kappa shape index (κ2) is 4.52. The molecule has 2 N–H and O–H groups in total. The van der Waals surface area contributed by atoms with Crippen LogP contribution in [-0.4, -0.2) is 25.0 Å². The number of amides is 1. The monoisotopic (exact) mass is 210 g/mol. The molecule has 1 amide bonds. The number of rotatable bonds is 3. The predicted molar refractivity (Wildman–Crippen MR) is 60.6 cm³/mol. The molecule has 0 bridgehead atoms. The van der Waals surface area contributed by atoms with E-state index in [0.717, 1.165) is 38.8 Å². The van der Waals surface area contributed by atoms with E-state index in [-0.39, 0.29) is 5.41 Å². The van der Waals surface area contributed by atoms with E-state index >= 15 is 0 Å². The van der Waals surface area contributed by atoms with Crippen LogP contribution in [-0.2, 0) is 4.79 Å². The zero-order chi connectivity index (χ0) is 10.7. The fourth-order valence-corrected chi connectivity index (χ4v) is 2.91. The van der Waals surface area contributed by atoms with E-state index in [9.17, 15) is 4.79 Å². The van der Waals surface area contributed by atoms with E-state index < -0.39 is 0 Å². The molecular formula is C12H22N2O. The molecule has 1 saturated heterocycles. The SMILES string of the molecule is CCC1(C(=O)N[C@H]2CCNC2)CCCC1. The topological polar surface area (TPSA) is 41.1 Å². The van der Waals surface area contributed by atoms with Crippen LogP contribution in [0, 0.1) is 5.41 Å². The van der Waals surface area contributed by atoms with Gasteiger partial charge in [-0.3, -0.25) is 4.79 Å². The molecule has 0 aromatic carbocycles. The largest absolute Gasteiger partial charge is 0.352 e. The summed E-state index contributed by atoms with van der Waals surface area (Å²) in [5, 5.41) is 6.50. The lowest BCUT2D eigenvalue weighted by atomic mass is 9.82. The summed E-state index contributed by atoms with van der Waals surface area (Å²) < 4.78 is 0. The minimum Gasteiger partial charge on any atom is -0.352 e. The smallest absolute Gasteiger partial charge is 0.226 e. The van der Waals surface area contributed by atoms with Crippen LogP contribution in [0.2, 0.25) is 0 Å². The molecule has 2 rings (SSSR count). The zero-order valence-corrected chi connectivity index (χ0v) is 9.64. The van der Waals surface area contributed by atoms with Gasteiger partial charge in [-0.05, 0) is 32.2 Å². The first-order valence-electron chi connectivity index (χ1n) is 6.28. The van der Waals surface area contributed by atoms with Crippen molar-refractivity contribution in [1.29, 1.82) is 0 Å². The van der Waals surface area contributed by atoms with Gasteiger partial charge in [0, 0.05) is 18.0 Å². The van der Waals surface area contributed by atoms with Gasteiger partial charge in [0.1, 0.15) is 0 Å². The third-order valence-electron chi connectivity index (χ3n) is 4.11. The highest BCUT2D eigenvalue weighted by Gasteiger charge is 2.40. The maximum absolute atomic E-state index is 12.2. The first kappa shape index (κ1) is 10.9. The second-order valence-corrected chi connectivity index (χ2v) is 5.00. The minimum absolute atomic E-state index is 0.0252. The highest BCUT2D eigenvalue weighted by molar-refractivity contribution is 5.83. The Morgan fingerprint density at radius 2 is 2.20 bits per heavy atom. The van der Waals surface area contributed by atoms with Crippen molar-refractivity contribution in [1.82, 2.24) is 10.6 Å². The van der Waals surface area contributed by atoms with Gasteiger partial charge in [-0.2, -0.15) is 0 Å². The summed E-state index contributed by atoms with van der Waals surface area (Å²) in [7, 11) is 0. The van der Waals surface area contributed by atoms with Crippen molar-refractivity contribution in [2.75, 3.05) is 13.1 Å². The molecule has 3 nitrogen and oxygen atoms in total. The van der Waals surface area contributed by atoms with Gasteiger partial charge >= 0.3 is 0 Å². The molecule has 86 valence electrons. The maximum atomic E-state index is 12.2. The van der Waals surface area contributed by atoms with Gasteiger partial charge in [0.25, 0.3) is 0 Å². The van der Waals surface area contributed by atoms with Crippen LogP contribution >= 0.6 is 0 Å². The Labute approximate surface area is 92.0 Å². The van der Waals surface area contributed by atoms with Gasteiger partial charge in [0.2, 0.25) is 5.91 Å². The van der Waals surface area contributed by atoms with Crippen LogP contribution in [0.3, 0.4) is 0 Å². The number of hydrogen-bond acceptors (Lipinski definition) is 2. The van der Waals surface area contributed by atoms with E-state index in [4.69, 9.17) is 0 Å². The molecule has 1 atom stereocenters. The van der Waals surface area contributed by atoms with Crippen molar-refractivity contribution in [2.24, 2.45) is 5.41 Å². The van der Waals surface area contributed by atoms with Gasteiger partial charge < -0.3 is 10.6 Å². The van der Waals surface area contributed by atoms with Crippen molar-refractivity contribution in [2.45, 2.75) is 51.5 Å². The minimum atomic E-state index is -0.0252. The Kier molecular flexibility index (Phi) is 3.29. The Bertz CT molecular complexity index is 228. The summed E-state index contributed by atoms with van der Waals surface area (Å²) >= 11 is 0. The lowest BCUT2D eigenvalue weighted by Crippen LogP contribution is -2.45. The molecular weight excluding hydrogens is 188 g/mol. The summed E-state index contributed by atoms with van der Waals surface area (Å²) in [6.45, 7) is 4.15. The van der Waals surface area contributed by atoms with Crippen molar-refractivity contribution < 1.29 is 4.79 Å². The molecule has 1 aliphatic carbocycles. The average Bonchev–Trinajstić information content (AvgIpc) is 2.87. The first-order chi connectivity index (χ1) is 7.27. The number of carbonyl (C=O) groups is 1. The first-order valence-corrected chi connectivity index (χ1v) is 6.28. The Hall–Kier alpha value is -0.570. The number of hydrogen-bond donors (Lipinski definition) is 2. The summed E-state index contributed by atoms with van der Waals surface area (Å²) in [5.74, 6) is 0.316. The summed E-state index contributed by atoms with van der Waals surface area (Å²) in [6, 6.07) is 0.376. The quantitative estimate of drug-likeness (QED) is 0.740. The Morgan fingerprint density at radius 3 is 2.73 bits per heavy atom. The van der Waals surface area contributed by atoms with Crippen molar-refractivity contribution in [3.8, 4) is 0 Å². The van der Waals surface area contributed by atoms with Crippen molar-refractivity contribution in [3.63, 3.8) is 0 Å². The van der Waals surface area contributed by atoms with E-state index in [1.165, 1.54) is 12.8 Å². The van der Waals surface area contributed by atoms with Gasteiger partial charge in [-0.25, -0.2) is 0 Å². The standard InChI is InChI=1S/C12H22N2O/c1-2-12(6-3-4-7-12)11(15)14-10-5-8-13-9-10/h10,13H,2-9H2,1H3,(H,14,15)/t10-/m0/s1. The molecule has 0 aromatic heterocycles. The highest BCUT2D eigenvalue weighted by atomic mass is 16.2. The molecule has 0 radical (unpaired) electrons. The van der Waals surface area contributed by atoms with Gasteiger partial charge in [0.05, 0.1) is 0 Å². The normalized spacial score (nSPS) is 29.3. The Morgan fingerprint density at radius 1 is 1.47 bits per heavy atom. The molecule has 3 heteroatoms. The van der Waals surface area contributed by atoms with Crippen LogP contribution in [0.5, 0.6) is 0 Å². The van der Waals surface area contributed by atoms with Crippen LogP contribution in [0.4, 0.5) is 0 Å². The number of carbonyl (C=O) groups excluding carboxylic acids is 1. The van der Waals surface area contributed by atoms with Crippen LogP contribution < -0.4 is 10.6 Å². The lowest BCUT2D eigenvalue weighted by molar-refractivity contribution is -0.131. The fraction of sp³-hybridized carbons (Fsp3) is 0.917. The summed E-state index contributed by atoms with van der Waals surface area (Å²) in [5.41, 5.74) is -0.0252. The maximum Gasteiger partial charge on any atom is 0.226 e. The highest BCUT2D eigenvalue weighted by Crippen LogP contribution is 2.41. The zero-order valence-electron chi connectivity index (χ0n) is 9.64. The molecule has 0 spiro atoms. The molecule has 2 aliphatic rings. The third-order valence-corrected chi connectivity index (χ3v) is 4.11. The predicted octanol–water partition coefficient (Wildman–Crippen LogP) is 1.43. The van der Waals surface area contributed by atoms with E-state index in [0.29, 0.717) is 11.9 Å². The van der Waals surface area contributed by atoms with E-state index in [1.54, 1.807) is 0 Å². The van der Waals surface area contributed by atoms with Crippen LogP contribution in [0.25, 0.3) is 0 Å². The van der Waals surface area contributed by atoms with Crippen molar-refractivity contribution in [3.05, 3.63) is 0 Å². The van der Waals surface area contributed by atoms with Gasteiger partial charge in [0.15, 0.2) is 0 Å². The van der Waals surface area contributed by atoms with Crippen molar-refractivity contribution >= 4 is 5.91 Å².